The fourth-order valence-electron chi connectivity index (χ4n) is 2.74. The molecule has 3 rings (SSSR count). The van der Waals surface area contributed by atoms with Gasteiger partial charge in [0.05, 0.1) is 25.9 Å². The molecule has 0 aliphatic carbocycles. The number of benzene rings is 1. The molecule has 2 N–H and O–H groups in total. The van der Waals surface area contributed by atoms with Crippen molar-refractivity contribution in [1.29, 1.82) is 0 Å². The average Bonchev–Trinajstić information content (AvgIpc) is 2.90. The first kappa shape index (κ1) is 12.4. The van der Waals surface area contributed by atoms with Crippen LogP contribution in [0, 0.1) is 0 Å². The lowest BCUT2D eigenvalue weighted by molar-refractivity contribution is -0.142. The first-order chi connectivity index (χ1) is 9.29. The number of ether oxygens (including phenoxy) is 1. The molecule has 5 nitrogen and oxygen atoms in total. The molecule has 0 radical (unpaired) electrons. The number of para-hydroxylation sites is 1. The smallest absolute Gasteiger partial charge is 0.245 e. The van der Waals surface area contributed by atoms with E-state index in [0.717, 1.165) is 5.69 Å². The highest BCUT2D eigenvalue weighted by atomic mass is 16.5. The molecule has 1 aromatic rings. The van der Waals surface area contributed by atoms with Gasteiger partial charge >= 0.3 is 0 Å². The summed E-state index contributed by atoms with van der Waals surface area (Å²) in [5.74, 6) is 0.0542. The highest BCUT2D eigenvalue weighted by molar-refractivity contribution is 5.87. The van der Waals surface area contributed by atoms with E-state index in [0.29, 0.717) is 26.2 Å². The van der Waals surface area contributed by atoms with Crippen LogP contribution in [0.5, 0.6) is 0 Å². The van der Waals surface area contributed by atoms with Gasteiger partial charge in [-0.2, -0.15) is 0 Å². The number of fused-ring (bicyclic) bond motifs is 1. The third-order valence-electron chi connectivity index (χ3n) is 3.79. The minimum atomic E-state index is -0.218. The summed E-state index contributed by atoms with van der Waals surface area (Å²) in [7, 11) is 0. The van der Waals surface area contributed by atoms with Gasteiger partial charge in [0.15, 0.2) is 0 Å². The monoisotopic (exact) mass is 262 g/mol. The van der Waals surface area contributed by atoms with Crippen molar-refractivity contribution < 1.29 is 14.6 Å². The number of carbonyl (C=O) groups excluding carboxylic acids is 1. The molecule has 1 amide bonds. The fourth-order valence-corrected chi connectivity index (χ4v) is 2.74. The number of rotatable bonds is 2. The molecule has 2 aliphatic rings. The van der Waals surface area contributed by atoms with Gasteiger partial charge < -0.3 is 20.1 Å². The molecule has 0 aromatic heterocycles. The third-order valence-corrected chi connectivity index (χ3v) is 3.79. The van der Waals surface area contributed by atoms with Crippen molar-refractivity contribution in [3.05, 3.63) is 29.8 Å². The van der Waals surface area contributed by atoms with E-state index < -0.39 is 0 Å². The van der Waals surface area contributed by atoms with Crippen LogP contribution >= 0.6 is 0 Å². The Morgan fingerprint density at radius 2 is 2.32 bits per heavy atom. The second-order valence-electron chi connectivity index (χ2n) is 5.00. The molecule has 1 saturated heterocycles. The Hall–Kier alpha value is -1.59. The average molecular weight is 262 g/mol. The van der Waals surface area contributed by atoms with Gasteiger partial charge in [-0.1, -0.05) is 18.2 Å². The van der Waals surface area contributed by atoms with Crippen LogP contribution < -0.4 is 5.32 Å². The highest BCUT2D eigenvalue weighted by Gasteiger charge is 2.34. The summed E-state index contributed by atoms with van der Waals surface area (Å²) < 4.78 is 5.30. The number of nitrogens with one attached hydrogen (secondary N) is 1. The topological polar surface area (TPSA) is 61.8 Å². The van der Waals surface area contributed by atoms with Gasteiger partial charge in [-0.3, -0.25) is 4.79 Å². The maximum absolute atomic E-state index is 12.5. The van der Waals surface area contributed by atoms with Crippen molar-refractivity contribution in [2.24, 2.45) is 0 Å². The Labute approximate surface area is 112 Å². The van der Waals surface area contributed by atoms with E-state index in [-0.39, 0.29) is 24.6 Å². The number of nitrogens with zero attached hydrogens (tertiary/aromatic N) is 1. The summed E-state index contributed by atoms with van der Waals surface area (Å²) in [4.78, 5) is 14.3. The summed E-state index contributed by atoms with van der Waals surface area (Å²) in [5, 5.41) is 12.6. The second-order valence-corrected chi connectivity index (χ2v) is 5.00. The number of aliphatic hydroxyl groups is 1. The maximum atomic E-state index is 12.5. The van der Waals surface area contributed by atoms with E-state index >= 15 is 0 Å². The Morgan fingerprint density at radius 3 is 3.11 bits per heavy atom. The molecule has 102 valence electrons. The van der Waals surface area contributed by atoms with E-state index in [4.69, 9.17) is 4.74 Å². The predicted octanol–water partition coefficient (Wildman–Crippen LogP) is 0.243. The predicted molar refractivity (Wildman–Crippen MR) is 71.0 cm³/mol. The minimum absolute atomic E-state index is 0.0502. The van der Waals surface area contributed by atoms with E-state index in [1.165, 1.54) is 5.56 Å². The summed E-state index contributed by atoms with van der Waals surface area (Å²) >= 11 is 0. The summed E-state index contributed by atoms with van der Waals surface area (Å²) in [6, 6.07) is 7.54. The van der Waals surface area contributed by atoms with Crippen molar-refractivity contribution in [2.75, 3.05) is 31.7 Å². The SMILES string of the molecule is O=C([C@@H]1Cc2ccccc2N1)N1CCOCC1CO. The number of hydrogen-bond acceptors (Lipinski definition) is 4. The lowest BCUT2D eigenvalue weighted by atomic mass is 10.1. The summed E-state index contributed by atoms with van der Waals surface area (Å²) in [6.07, 6.45) is 0.713. The fraction of sp³-hybridized carbons (Fsp3) is 0.500. The molecule has 0 spiro atoms. The standard InChI is InChI=1S/C14H18N2O3/c17-8-11-9-19-6-5-16(11)14(18)13-7-10-3-1-2-4-12(10)15-13/h1-4,11,13,15,17H,5-9H2/t11?,13-/m0/s1. The second kappa shape index (κ2) is 5.19. The summed E-state index contributed by atoms with van der Waals surface area (Å²) in [5.41, 5.74) is 2.21. The number of anilines is 1. The first-order valence-electron chi connectivity index (χ1n) is 6.63. The van der Waals surface area contributed by atoms with Gasteiger partial charge in [-0.25, -0.2) is 0 Å². The zero-order chi connectivity index (χ0) is 13.2. The normalized spacial score (nSPS) is 25.8. The van der Waals surface area contributed by atoms with Crippen molar-refractivity contribution in [3.8, 4) is 0 Å². The van der Waals surface area contributed by atoms with Gasteiger partial charge in [0.1, 0.15) is 6.04 Å². The largest absolute Gasteiger partial charge is 0.394 e. The van der Waals surface area contributed by atoms with Crippen molar-refractivity contribution in [1.82, 2.24) is 4.90 Å². The molecule has 0 saturated carbocycles. The first-order valence-corrected chi connectivity index (χ1v) is 6.63. The number of carbonyl (C=O) groups is 1. The van der Waals surface area contributed by atoms with Crippen molar-refractivity contribution in [2.45, 2.75) is 18.5 Å². The van der Waals surface area contributed by atoms with Gasteiger partial charge in [-0.05, 0) is 11.6 Å². The number of amides is 1. The van der Waals surface area contributed by atoms with Crippen molar-refractivity contribution >= 4 is 11.6 Å². The van der Waals surface area contributed by atoms with Gasteiger partial charge in [0, 0.05) is 18.7 Å². The molecule has 1 fully saturated rings. The van der Waals surface area contributed by atoms with Crippen LogP contribution in [0.25, 0.3) is 0 Å². The Bertz CT molecular complexity index is 453. The third kappa shape index (κ3) is 2.31. The Morgan fingerprint density at radius 1 is 1.47 bits per heavy atom. The lowest BCUT2D eigenvalue weighted by Crippen LogP contribution is -2.54. The van der Waals surface area contributed by atoms with E-state index in [2.05, 4.69) is 5.32 Å². The zero-order valence-corrected chi connectivity index (χ0v) is 10.7. The molecule has 1 unspecified atom stereocenters. The zero-order valence-electron chi connectivity index (χ0n) is 10.7. The molecule has 5 heteroatoms. The van der Waals surface area contributed by atoms with E-state index in [1.54, 1.807) is 4.90 Å². The molecule has 2 heterocycles. The number of morpholine rings is 1. The molecular weight excluding hydrogens is 244 g/mol. The van der Waals surface area contributed by atoms with Crippen LogP contribution in [0.1, 0.15) is 5.56 Å². The van der Waals surface area contributed by atoms with Crippen LogP contribution in [0.3, 0.4) is 0 Å². The quantitative estimate of drug-likeness (QED) is 0.801. The number of aliphatic hydroxyl groups excluding tert-OH is 1. The van der Waals surface area contributed by atoms with Crippen LogP contribution in [0.15, 0.2) is 24.3 Å². The Balaban J connectivity index is 1.72. The molecule has 1 aromatic carbocycles. The lowest BCUT2D eigenvalue weighted by Gasteiger charge is -2.36. The van der Waals surface area contributed by atoms with Crippen molar-refractivity contribution in [3.63, 3.8) is 0 Å². The maximum Gasteiger partial charge on any atom is 0.245 e. The molecule has 2 aliphatic heterocycles. The van der Waals surface area contributed by atoms with E-state index in [1.807, 2.05) is 24.3 Å². The van der Waals surface area contributed by atoms with Crippen LogP contribution in [-0.2, 0) is 16.0 Å². The van der Waals surface area contributed by atoms with Gasteiger partial charge in [-0.15, -0.1) is 0 Å². The van der Waals surface area contributed by atoms with Crippen LogP contribution in [-0.4, -0.2) is 54.4 Å². The highest BCUT2D eigenvalue weighted by Crippen LogP contribution is 2.26. The Kier molecular flexibility index (Phi) is 3.40. The molecule has 0 bridgehead atoms. The van der Waals surface area contributed by atoms with Crippen LogP contribution in [0.2, 0.25) is 0 Å². The minimum Gasteiger partial charge on any atom is -0.394 e. The van der Waals surface area contributed by atoms with E-state index in [9.17, 15) is 9.90 Å². The van der Waals surface area contributed by atoms with Gasteiger partial charge in [0.2, 0.25) is 5.91 Å². The molecule has 2 atom stereocenters. The number of hydrogen-bond donors (Lipinski definition) is 2. The molecular formula is C14H18N2O3. The van der Waals surface area contributed by atoms with Gasteiger partial charge in [0.25, 0.3) is 0 Å². The van der Waals surface area contributed by atoms with Crippen LogP contribution in [0.4, 0.5) is 5.69 Å². The summed E-state index contributed by atoms with van der Waals surface area (Å²) in [6.45, 7) is 1.47. The molecule has 19 heavy (non-hydrogen) atoms.